The maximum atomic E-state index is 14.0. The fraction of sp³-hybridized carbons (Fsp3) is 0.238. The molecule has 0 saturated heterocycles. The first-order valence-electron chi connectivity index (χ1n) is 9.33. The van der Waals surface area contributed by atoms with Crippen LogP contribution in [0.1, 0.15) is 11.1 Å². The number of benzene rings is 2. The number of hydrogen-bond donors (Lipinski definition) is 2. The molecule has 2 aromatic carbocycles. The Hall–Kier alpha value is -2.36. The average molecular weight is 528 g/mol. The molecule has 0 fully saturated rings. The van der Waals surface area contributed by atoms with Crippen molar-refractivity contribution < 1.29 is 13.9 Å². The molecule has 0 aliphatic carbocycles. The van der Waals surface area contributed by atoms with E-state index < -0.39 is 0 Å². The maximum Gasteiger partial charge on any atom is 0.172 e. The van der Waals surface area contributed by atoms with Crippen molar-refractivity contribution in [2.24, 2.45) is 0 Å². The number of methoxy groups -OCH3 is 2. The van der Waals surface area contributed by atoms with E-state index in [0.717, 1.165) is 12.0 Å². The van der Waals surface area contributed by atoms with Crippen LogP contribution in [0.2, 0.25) is 5.02 Å². The van der Waals surface area contributed by atoms with Gasteiger partial charge in [0, 0.05) is 23.3 Å². The Morgan fingerprint density at radius 1 is 1.23 bits per heavy atom. The number of halogens is 3. The Kier molecular flexibility index (Phi) is 8.11. The Morgan fingerprint density at radius 3 is 2.71 bits per heavy atom. The lowest BCUT2D eigenvalue weighted by molar-refractivity contribution is 0.354. The second-order valence-electron chi connectivity index (χ2n) is 6.54. The van der Waals surface area contributed by atoms with Crippen LogP contribution in [0.5, 0.6) is 11.5 Å². The summed E-state index contributed by atoms with van der Waals surface area (Å²) in [7, 11) is 3.21. The molecule has 3 rings (SSSR count). The smallest absolute Gasteiger partial charge is 0.172 e. The molecule has 31 heavy (non-hydrogen) atoms. The van der Waals surface area contributed by atoms with Crippen molar-refractivity contribution in [1.29, 1.82) is 0 Å². The second kappa shape index (κ2) is 10.8. The predicted octanol–water partition coefficient (Wildman–Crippen LogP) is 5.03. The van der Waals surface area contributed by atoms with Gasteiger partial charge in [0.1, 0.15) is 5.82 Å². The molecule has 0 radical (unpaired) electrons. The number of ether oxygens (including phenoxy) is 2. The van der Waals surface area contributed by atoms with Gasteiger partial charge < -0.3 is 20.1 Å². The molecule has 0 atom stereocenters. The van der Waals surface area contributed by atoms with Gasteiger partial charge in [-0.05, 0) is 64.4 Å². The number of aromatic nitrogens is 2. The molecule has 1 aromatic heterocycles. The molecule has 3 aromatic rings. The van der Waals surface area contributed by atoms with Gasteiger partial charge in [-0.2, -0.15) is 5.10 Å². The lowest BCUT2D eigenvalue weighted by Crippen LogP contribution is -2.30. The van der Waals surface area contributed by atoms with Crippen LogP contribution >= 0.6 is 39.7 Å². The van der Waals surface area contributed by atoms with E-state index in [1.807, 2.05) is 18.2 Å². The van der Waals surface area contributed by atoms with Gasteiger partial charge in [-0.1, -0.05) is 23.7 Å². The largest absolute Gasteiger partial charge is 0.493 e. The van der Waals surface area contributed by atoms with Crippen LogP contribution in [0.15, 0.2) is 47.1 Å². The maximum absolute atomic E-state index is 14.0. The number of rotatable bonds is 8. The number of nitrogens with zero attached hydrogens (tertiary/aromatic N) is 2. The van der Waals surface area contributed by atoms with Crippen molar-refractivity contribution >= 4 is 50.7 Å². The molecule has 2 N–H and O–H groups in total. The predicted molar refractivity (Wildman–Crippen MR) is 128 cm³/mol. The molecule has 10 heteroatoms. The van der Waals surface area contributed by atoms with Crippen LogP contribution in [-0.4, -0.2) is 35.7 Å². The number of thiocarbonyl (C=S) groups is 1. The molecule has 6 nitrogen and oxygen atoms in total. The highest BCUT2D eigenvalue weighted by Crippen LogP contribution is 2.27. The van der Waals surface area contributed by atoms with Gasteiger partial charge in [0.2, 0.25) is 0 Å². The summed E-state index contributed by atoms with van der Waals surface area (Å²) in [6.45, 7) is 0.815. The van der Waals surface area contributed by atoms with Crippen LogP contribution in [0, 0.1) is 5.82 Å². The van der Waals surface area contributed by atoms with Gasteiger partial charge in [0.15, 0.2) is 22.4 Å². The number of hydrogen-bond acceptors (Lipinski definition) is 4. The van der Waals surface area contributed by atoms with Crippen LogP contribution in [0.3, 0.4) is 0 Å². The quantitative estimate of drug-likeness (QED) is 0.401. The first kappa shape index (κ1) is 23.3. The van der Waals surface area contributed by atoms with Crippen molar-refractivity contribution in [1.82, 2.24) is 15.1 Å². The lowest BCUT2D eigenvalue weighted by atomic mass is 10.1. The first-order valence-corrected chi connectivity index (χ1v) is 10.9. The molecule has 164 valence electrons. The molecule has 0 saturated carbocycles. The van der Waals surface area contributed by atoms with Gasteiger partial charge in [0.05, 0.1) is 25.2 Å². The molecule has 0 aliphatic heterocycles. The van der Waals surface area contributed by atoms with E-state index in [4.69, 9.17) is 33.3 Å². The SMILES string of the molecule is COc1ccc(CCNC(=S)Nc2nn(Cc3c(F)cccc3Cl)cc2Br)cc1OC. The highest BCUT2D eigenvalue weighted by Gasteiger charge is 2.12. The molecule has 0 spiro atoms. The van der Waals surface area contributed by atoms with Gasteiger partial charge in [0.25, 0.3) is 0 Å². The van der Waals surface area contributed by atoms with E-state index in [0.29, 0.717) is 44.0 Å². The zero-order valence-corrected chi connectivity index (χ0v) is 20.1. The highest BCUT2D eigenvalue weighted by atomic mass is 79.9. The van der Waals surface area contributed by atoms with Gasteiger partial charge in [-0.25, -0.2) is 4.39 Å². The summed E-state index contributed by atoms with van der Waals surface area (Å²) in [4.78, 5) is 0. The lowest BCUT2D eigenvalue weighted by Gasteiger charge is -2.11. The number of nitrogens with one attached hydrogen (secondary N) is 2. The van der Waals surface area contributed by atoms with E-state index in [1.54, 1.807) is 37.2 Å². The molecule has 0 aliphatic rings. The van der Waals surface area contributed by atoms with E-state index in [2.05, 4.69) is 31.7 Å². The fourth-order valence-electron chi connectivity index (χ4n) is 2.92. The Balaban J connectivity index is 1.55. The third-order valence-electron chi connectivity index (χ3n) is 4.48. The topological polar surface area (TPSA) is 60.3 Å². The molecule has 0 bridgehead atoms. The van der Waals surface area contributed by atoms with Crippen molar-refractivity contribution in [3.8, 4) is 11.5 Å². The minimum absolute atomic E-state index is 0.200. The van der Waals surface area contributed by atoms with Crippen LogP contribution < -0.4 is 20.1 Å². The summed E-state index contributed by atoms with van der Waals surface area (Å²) in [5, 5.41) is 11.4. The van der Waals surface area contributed by atoms with Gasteiger partial charge in [-0.3, -0.25) is 4.68 Å². The second-order valence-corrected chi connectivity index (χ2v) is 8.21. The summed E-state index contributed by atoms with van der Waals surface area (Å²) in [5.74, 6) is 1.52. The summed E-state index contributed by atoms with van der Waals surface area (Å²) in [6.07, 6.45) is 2.47. The normalized spacial score (nSPS) is 10.6. The van der Waals surface area contributed by atoms with E-state index in [1.165, 1.54) is 6.07 Å². The van der Waals surface area contributed by atoms with Crippen LogP contribution in [-0.2, 0) is 13.0 Å². The Bertz CT molecular complexity index is 1060. The minimum atomic E-state index is -0.374. The summed E-state index contributed by atoms with van der Waals surface area (Å²) in [6, 6.07) is 10.4. The number of anilines is 1. The fourth-order valence-corrected chi connectivity index (χ4v) is 3.75. The van der Waals surface area contributed by atoms with Crippen LogP contribution in [0.4, 0.5) is 10.2 Å². The van der Waals surface area contributed by atoms with Gasteiger partial charge >= 0.3 is 0 Å². The zero-order valence-electron chi connectivity index (χ0n) is 16.9. The minimum Gasteiger partial charge on any atom is -0.493 e. The molecular weight excluding hydrogens is 507 g/mol. The van der Waals surface area contributed by atoms with Crippen molar-refractivity contribution in [2.45, 2.75) is 13.0 Å². The monoisotopic (exact) mass is 526 g/mol. The van der Waals surface area contributed by atoms with Crippen molar-refractivity contribution in [3.63, 3.8) is 0 Å². The van der Waals surface area contributed by atoms with E-state index >= 15 is 0 Å². The molecule has 0 amide bonds. The van der Waals surface area contributed by atoms with Crippen LogP contribution in [0.25, 0.3) is 0 Å². The summed E-state index contributed by atoms with van der Waals surface area (Å²) >= 11 is 14.9. The molecule has 0 unspecified atom stereocenters. The van der Waals surface area contributed by atoms with E-state index in [9.17, 15) is 4.39 Å². The average Bonchev–Trinajstić information content (AvgIpc) is 3.09. The zero-order chi connectivity index (χ0) is 22.4. The standard InChI is InChI=1S/C21H21BrClFN4O2S/c1-29-18-7-6-13(10-19(18)30-2)8-9-25-21(31)26-20-15(22)12-28(27-20)11-14-16(23)4-3-5-17(14)24/h3-7,10,12H,8-9,11H2,1-2H3,(H2,25,26,27,31). The molecule has 1 heterocycles. The third-order valence-corrected chi connectivity index (χ3v) is 5.66. The van der Waals surface area contributed by atoms with E-state index in [-0.39, 0.29) is 12.4 Å². The first-order chi connectivity index (χ1) is 14.9. The summed E-state index contributed by atoms with van der Waals surface area (Å²) in [5.41, 5.74) is 1.46. The van der Waals surface area contributed by atoms with Crippen molar-refractivity contribution in [3.05, 3.63) is 69.0 Å². The third kappa shape index (κ3) is 6.09. The molecular formula is C21H21BrClFN4O2S. The van der Waals surface area contributed by atoms with Gasteiger partial charge in [-0.15, -0.1) is 0 Å². The Labute approximate surface area is 198 Å². The summed E-state index contributed by atoms with van der Waals surface area (Å²) < 4.78 is 26.9. The Morgan fingerprint density at radius 2 is 2.00 bits per heavy atom. The highest BCUT2D eigenvalue weighted by molar-refractivity contribution is 9.10. The van der Waals surface area contributed by atoms with Crippen molar-refractivity contribution in [2.75, 3.05) is 26.1 Å².